The number of nitrogens with two attached hydrogens (primary N) is 1. The van der Waals surface area contributed by atoms with E-state index in [0.29, 0.717) is 24.6 Å². The van der Waals surface area contributed by atoms with Crippen molar-refractivity contribution in [3.63, 3.8) is 0 Å². The van der Waals surface area contributed by atoms with Gasteiger partial charge in [-0.2, -0.15) is 0 Å². The van der Waals surface area contributed by atoms with Crippen molar-refractivity contribution in [1.82, 2.24) is 5.32 Å². The summed E-state index contributed by atoms with van der Waals surface area (Å²) in [6.07, 6.45) is 3.20. The first-order chi connectivity index (χ1) is 8.17. The Hall–Kier alpha value is -1.97. The molecule has 92 valence electrons. The summed E-state index contributed by atoms with van der Waals surface area (Å²) < 4.78 is 5.33. The van der Waals surface area contributed by atoms with Crippen LogP contribution in [0.3, 0.4) is 0 Å². The second-order valence-corrected chi connectivity index (χ2v) is 3.46. The fourth-order valence-corrected chi connectivity index (χ4v) is 1.36. The Bertz CT molecular complexity index is 414. The zero-order chi connectivity index (χ0) is 12.7. The number of hydrogen-bond acceptors (Lipinski definition) is 3. The molecule has 0 aliphatic heterocycles. The molecule has 17 heavy (non-hydrogen) atoms. The molecule has 0 fully saturated rings. The molecule has 0 atom stereocenters. The molecule has 0 aromatic heterocycles. The predicted molar refractivity (Wildman–Crippen MR) is 69.7 cm³/mol. The van der Waals surface area contributed by atoms with Crippen LogP contribution in [0.25, 0.3) is 6.08 Å². The number of carbonyl (C=O) groups is 1. The first-order valence-electron chi connectivity index (χ1n) is 5.65. The number of rotatable bonds is 5. The summed E-state index contributed by atoms with van der Waals surface area (Å²) in [5.74, 6) is 0.558. The van der Waals surface area contributed by atoms with Gasteiger partial charge in [-0.05, 0) is 37.6 Å². The summed E-state index contributed by atoms with van der Waals surface area (Å²) in [4.78, 5) is 11.2. The summed E-state index contributed by atoms with van der Waals surface area (Å²) in [6.45, 7) is 4.98. The minimum absolute atomic E-state index is 0.111. The first-order valence-corrected chi connectivity index (χ1v) is 5.65. The average Bonchev–Trinajstić information content (AvgIpc) is 2.30. The van der Waals surface area contributed by atoms with E-state index in [1.807, 2.05) is 19.9 Å². The van der Waals surface area contributed by atoms with E-state index in [4.69, 9.17) is 10.5 Å². The van der Waals surface area contributed by atoms with Gasteiger partial charge < -0.3 is 15.8 Å². The normalized spacial score (nSPS) is 10.5. The van der Waals surface area contributed by atoms with Crippen LogP contribution in [0.5, 0.6) is 5.75 Å². The zero-order valence-corrected chi connectivity index (χ0v) is 10.2. The highest BCUT2D eigenvalue weighted by molar-refractivity contribution is 5.91. The number of carbonyl (C=O) groups excluding carboxylic acids is 1. The van der Waals surface area contributed by atoms with Crippen molar-refractivity contribution in [2.75, 3.05) is 18.9 Å². The van der Waals surface area contributed by atoms with Crippen LogP contribution in [-0.4, -0.2) is 19.1 Å². The molecule has 0 saturated carbocycles. The summed E-state index contributed by atoms with van der Waals surface area (Å²) in [5.41, 5.74) is 7.26. The van der Waals surface area contributed by atoms with Crippen LogP contribution in [0.4, 0.5) is 5.69 Å². The van der Waals surface area contributed by atoms with Gasteiger partial charge in [0.25, 0.3) is 0 Å². The molecule has 0 aliphatic rings. The van der Waals surface area contributed by atoms with Gasteiger partial charge in [-0.15, -0.1) is 0 Å². The minimum atomic E-state index is -0.111. The molecular weight excluding hydrogens is 216 g/mol. The quantitative estimate of drug-likeness (QED) is 0.603. The van der Waals surface area contributed by atoms with Crippen LogP contribution in [0.15, 0.2) is 24.3 Å². The Morgan fingerprint density at radius 3 is 2.82 bits per heavy atom. The Kier molecular flexibility index (Phi) is 5.07. The number of amides is 1. The lowest BCUT2D eigenvalue weighted by Gasteiger charge is -2.06. The van der Waals surface area contributed by atoms with E-state index in [1.54, 1.807) is 18.2 Å². The van der Waals surface area contributed by atoms with E-state index >= 15 is 0 Å². The van der Waals surface area contributed by atoms with Crippen LogP contribution in [0.2, 0.25) is 0 Å². The molecule has 3 N–H and O–H groups in total. The Morgan fingerprint density at radius 1 is 1.47 bits per heavy atom. The van der Waals surface area contributed by atoms with Gasteiger partial charge in [0, 0.05) is 12.6 Å². The molecule has 1 aromatic carbocycles. The Labute approximate surface area is 101 Å². The number of hydrogen-bond donors (Lipinski definition) is 2. The molecular formula is C13H18N2O2. The van der Waals surface area contributed by atoms with Gasteiger partial charge in [0.15, 0.2) is 0 Å². The van der Waals surface area contributed by atoms with Crippen molar-refractivity contribution >= 4 is 17.7 Å². The van der Waals surface area contributed by atoms with Gasteiger partial charge in [-0.25, -0.2) is 0 Å². The maximum Gasteiger partial charge on any atom is 0.243 e. The van der Waals surface area contributed by atoms with Crippen molar-refractivity contribution in [1.29, 1.82) is 0 Å². The summed E-state index contributed by atoms with van der Waals surface area (Å²) in [6, 6.07) is 5.44. The Balaban J connectivity index is 2.73. The average molecular weight is 234 g/mol. The van der Waals surface area contributed by atoms with Crippen molar-refractivity contribution in [2.24, 2.45) is 0 Å². The van der Waals surface area contributed by atoms with Crippen LogP contribution in [-0.2, 0) is 4.79 Å². The minimum Gasteiger partial charge on any atom is -0.492 e. The second kappa shape index (κ2) is 6.58. The molecule has 0 heterocycles. The third kappa shape index (κ3) is 4.18. The lowest BCUT2D eigenvalue weighted by Crippen LogP contribution is -2.19. The number of ether oxygens (including phenoxy) is 1. The molecule has 1 rings (SSSR count). The smallest absolute Gasteiger partial charge is 0.243 e. The van der Waals surface area contributed by atoms with Crippen LogP contribution >= 0.6 is 0 Å². The van der Waals surface area contributed by atoms with Gasteiger partial charge >= 0.3 is 0 Å². The maximum atomic E-state index is 11.2. The van der Waals surface area contributed by atoms with E-state index in [2.05, 4.69) is 5.32 Å². The molecule has 1 amide bonds. The van der Waals surface area contributed by atoms with E-state index in [1.165, 1.54) is 6.08 Å². The molecule has 0 spiro atoms. The van der Waals surface area contributed by atoms with E-state index < -0.39 is 0 Å². The molecule has 4 heteroatoms. The SMILES string of the molecule is CCNC(=O)/C=C\c1ccc(OCC)c(N)c1. The largest absolute Gasteiger partial charge is 0.492 e. The molecule has 0 bridgehead atoms. The van der Waals surface area contributed by atoms with Crippen LogP contribution in [0, 0.1) is 0 Å². The number of nitrogens with one attached hydrogen (secondary N) is 1. The molecule has 0 saturated heterocycles. The topological polar surface area (TPSA) is 64.3 Å². The van der Waals surface area contributed by atoms with Gasteiger partial charge in [-0.1, -0.05) is 6.07 Å². The summed E-state index contributed by atoms with van der Waals surface area (Å²) in [7, 11) is 0. The third-order valence-electron chi connectivity index (χ3n) is 2.11. The standard InChI is InChI=1S/C13H18N2O2/c1-3-15-13(16)8-6-10-5-7-12(17-4-2)11(14)9-10/h5-9H,3-4,14H2,1-2H3,(H,15,16)/b8-6-. The molecule has 0 aliphatic carbocycles. The van der Waals surface area contributed by atoms with Gasteiger partial charge in [-0.3, -0.25) is 4.79 Å². The molecule has 0 radical (unpaired) electrons. The van der Waals surface area contributed by atoms with Crippen LogP contribution < -0.4 is 15.8 Å². The third-order valence-corrected chi connectivity index (χ3v) is 2.11. The molecule has 4 nitrogen and oxygen atoms in total. The number of nitrogen functional groups attached to an aromatic ring is 1. The van der Waals surface area contributed by atoms with Crippen molar-refractivity contribution < 1.29 is 9.53 Å². The van der Waals surface area contributed by atoms with Gasteiger partial charge in [0.1, 0.15) is 5.75 Å². The molecule has 0 unspecified atom stereocenters. The van der Waals surface area contributed by atoms with Crippen molar-refractivity contribution in [3.05, 3.63) is 29.8 Å². The second-order valence-electron chi connectivity index (χ2n) is 3.46. The summed E-state index contributed by atoms with van der Waals surface area (Å²) >= 11 is 0. The number of anilines is 1. The highest BCUT2D eigenvalue weighted by Crippen LogP contribution is 2.22. The Morgan fingerprint density at radius 2 is 2.24 bits per heavy atom. The highest BCUT2D eigenvalue weighted by atomic mass is 16.5. The lowest BCUT2D eigenvalue weighted by molar-refractivity contribution is -0.116. The maximum absolute atomic E-state index is 11.2. The van der Waals surface area contributed by atoms with E-state index in [9.17, 15) is 4.79 Å². The van der Waals surface area contributed by atoms with Crippen molar-refractivity contribution in [3.8, 4) is 5.75 Å². The zero-order valence-electron chi connectivity index (χ0n) is 10.2. The predicted octanol–water partition coefficient (Wildman–Crippen LogP) is 1.82. The van der Waals surface area contributed by atoms with E-state index in [0.717, 1.165) is 5.56 Å². The van der Waals surface area contributed by atoms with Crippen molar-refractivity contribution in [2.45, 2.75) is 13.8 Å². The number of likely N-dealkylation sites (N-methyl/N-ethyl adjacent to an activating group) is 1. The highest BCUT2D eigenvalue weighted by Gasteiger charge is 1.99. The number of benzene rings is 1. The van der Waals surface area contributed by atoms with Gasteiger partial charge in [0.2, 0.25) is 5.91 Å². The first kappa shape index (κ1) is 13.1. The summed E-state index contributed by atoms with van der Waals surface area (Å²) in [5, 5.41) is 2.68. The lowest BCUT2D eigenvalue weighted by atomic mass is 10.1. The molecule has 1 aromatic rings. The van der Waals surface area contributed by atoms with E-state index in [-0.39, 0.29) is 5.91 Å². The van der Waals surface area contributed by atoms with Gasteiger partial charge in [0.05, 0.1) is 12.3 Å². The van der Waals surface area contributed by atoms with Crippen LogP contribution in [0.1, 0.15) is 19.4 Å². The fraction of sp³-hybridized carbons (Fsp3) is 0.308. The fourth-order valence-electron chi connectivity index (χ4n) is 1.36. The monoisotopic (exact) mass is 234 g/mol.